The number of carbonyl (C=O) groups is 2. The molecule has 1 saturated heterocycles. The van der Waals surface area contributed by atoms with E-state index in [1.54, 1.807) is 13.8 Å². The van der Waals surface area contributed by atoms with E-state index in [-0.39, 0.29) is 18.4 Å². The zero-order valence-corrected chi connectivity index (χ0v) is 10.5. The summed E-state index contributed by atoms with van der Waals surface area (Å²) in [6.07, 6.45) is 2.84. The molecule has 0 spiro atoms. The Labute approximate surface area is 102 Å². The molecule has 1 rings (SSSR count). The van der Waals surface area contributed by atoms with Crippen molar-refractivity contribution in [2.24, 2.45) is 0 Å². The van der Waals surface area contributed by atoms with Crippen LogP contribution in [0.2, 0.25) is 0 Å². The van der Waals surface area contributed by atoms with Gasteiger partial charge >= 0.3 is 5.97 Å². The summed E-state index contributed by atoms with van der Waals surface area (Å²) in [5.74, 6) is -1.20. The van der Waals surface area contributed by atoms with Crippen molar-refractivity contribution in [3.05, 3.63) is 0 Å². The number of hydrogen-bond acceptors (Lipinski definition) is 3. The molecule has 0 aliphatic carbocycles. The average molecular weight is 243 g/mol. The highest BCUT2D eigenvalue weighted by molar-refractivity contribution is 5.87. The highest BCUT2D eigenvalue weighted by atomic mass is 16.5. The predicted molar refractivity (Wildman–Crippen MR) is 62.7 cm³/mol. The fourth-order valence-electron chi connectivity index (χ4n) is 2.11. The van der Waals surface area contributed by atoms with Crippen molar-refractivity contribution < 1.29 is 19.4 Å². The van der Waals surface area contributed by atoms with Gasteiger partial charge in [0.05, 0.1) is 12.5 Å². The molecule has 17 heavy (non-hydrogen) atoms. The largest absolute Gasteiger partial charge is 0.480 e. The van der Waals surface area contributed by atoms with Crippen LogP contribution in [0.25, 0.3) is 0 Å². The van der Waals surface area contributed by atoms with Crippen LogP contribution in [-0.4, -0.2) is 35.2 Å². The molecule has 1 aliphatic rings. The number of aliphatic carboxylic acids is 1. The van der Waals surface area contributed by atoms with Crippen LogP contribution < -0.4 is 5.32 Å². The van der Waals surface area contributed by atoms with Crippen molar-refractivity contribution in [2.75, 3.05) is 6.61 Å². The van der Waals surface area contributed by atoms with Gasteiger partial charge in [-0.15, -0.1) is 0 Å². The number of hydrogen-bond donors (Lipinski definition) is 2. The summed E-state index contributed by atoms with van der Waals surface area (Å²) in [6.45, 7) is 4.23. The average Bonchev–Trinajstić information content (AvgIpc) is 2.78. The lowest BCUT2D eigenvalue weighted by molar-refractivity contribution is -0.148. The Morgan fingerprint density at radius 1 is 1.41 bits per heavy atom. The summed E-state index contributed by atoms with van der Waals surface area (Å²) in [5.41, 5.74) is -1.13. The third kappa shape index (κ3) is 3.43. The SMILES string of the molecule is CCC(CC)(NC(=O)CC1CCCO1)C(=O)O. The lowest BCUT2D eigenvalue weighted by atomic mass is 9.92. The first-order chi connectivity index (χ1) is 8.04. The molecule has 0 aromatic rings. The topological polar surface area (TPSA) is 75.6 Å². The number of ether oxygens (including phenoxy) is 1. The van der Waals surface area contributed by atoms with E-state index in [4.69, 9.17) is 4.74 Å². The third-order valence-corrected chi connectivity index (χ3v) is 3.43. The number of rotatable bonds is 6. The second-order valence-electron chi connectivity index (χ2n) is 4.48. The van der Waals surface area contributed by atoms with E-state index in [1.807, 2.05) is 0 Å². The number of amides is 1. The highest BCUT2D eigenvalue weighted by Crippen LogP contribution is 2.18. The third-order valence-electron chi connectivity index (χ3n) is 3.43. The van der Waals surface area contributed by atoms with Crippen molar-refractivity contribution in [3.63, 3.8) is 0 Å². The Hall–Kier alpha value is -1.10. The normalized spacial score (nSPS) is 20.2. The van der Waals surface area contributed by atoms with Crippen molar-refractivity contribution in [2.45, 2.75) is 57.6 Å². The van der Waals surface area contributed by atoms with Gasteiger partial charge in [-0.3, -0.25) is 4.79 Å². The minimum atomic E-state index is -1.13. The summed E-state index contributed by atoms with van der Waals surface area (Å²) in [4.78, 5) is 23.0. The van der Waals surface area contributed by atoms with E-state index in [0.717, 1.165) is 12.8 Å². The van der Waals surface area contributed by atoms with Gasteiger partial charge in [-0.25, -0.2) is 4.79 Å². The maximum atomic E-state index is 11.8. The molecule has 0 aromatic heterocycles. The van der Waals surface area contributed by atoms with Crippen molar-refractivity contribution in [1.29, 1.82) is 0 Å². The molecule has 1 heterocycles. The molecule has 2 N–H and O–H groups in total. The molecule has 1 fully saturated rings. The molecule has 1 amide bonds. The van der Waals surface area contributed by atoms with E-state index in [0.29, 0.717) is 19.4 Å². The lowest BCUT2D eigenvalue weighted by Gasteiger charge is -2.28. The first kappa shape index (κ1) is 14.0. The fraction of sp³-hybridized carbons (Fsp3) is 0.833. The van der Waals surface area contributed by atoms with E-state index in [2.05, 4.69) is 5.32 Å². The number of carbonyl (C=O) groups excluding carboxylic acids is 1. The standard InChI is InChI=1S/C12H21NO4/c1-3-12(4-2,11(15)16)13-10(14)8-9-6-5-7-17-9/h9H,3-8H2,1-2H3,(H,13,14)(H,15,16). The Balaban J connectivity index is 2.54. The number of nitrogens with one attached hydrogen (secondary N) is 1. The second-order valence-corrected chi connectivity index (χ2v) is 4.48. The minimum absolute atomic E-state index is 0.0461. The van der Waals surface area contributed by atoms with Crippen LogP contribution in [0.3, 0.4) is 0 Å². The number of carboxylic acids is 1. The first-order valence-corrected chi connectivity index (χ1v) is 6.20. The van der Waals surface area contributed by atoms with E-state index in [9.17, 15) is 14.7 Å². The molecular formula is C12H21NO4. The van der Waals surface area contributed by atoms with Crippen molar-refractivity contribution in [3.8, 4) is 0 Å². The van der Waals surface area contributed by atoms with E-state index >= 15 is 0 Å². The van der Waals surface area contributed by atoms with Gasteiger partial charge in [0.1, 0.15) is 5.54 Å². The Morgan fingerprint density at radius 3 is 2.47 bits per heavy atom. The van der Waals surface area contributed by atoms with Gasteiger partial charge in [0.15, 0.2) is 0 Å². The summed E-state index contributed by atoms with van der Waals surface area (Å²) >= 11 is 0. The molecule has 0 aromatic carbocycles. The van der Waals surface area contributed by atoms with E-state index in [1.165, 1.54) is 0 Å². The zero-order valence-electron chi connectivity index (χ0n) is 10.5. The summed E-state index contributed by atoms with van der Waals surface area (Å²) in [7, 11) is 0. The van der Waals surface area contributed by atoms with Crippen LogP contribution >= 0.6 is 0 Å². The summed E-state index contributed by atoms with van der Waals surface area (Å²) in [5, 5.41) is 11.8. The molecule has 1 atom stereocenters. The highest BCUT2D eigenvalue weighted by Gasteiger charge is 2.36. The van der Waals surface area contributed by atoms with Crippen LogP contribution in [0.1, 0.15) is 46.0 Å². The summed E-state index contributed by atoms with van der Waals surface area (Å²) in [6, 6.07) is 0. The van der Waals surface area contributed by atoms with Crippen LogP contribution in [-0.2, 0) is 14.3 Å². The van der Waals surface area contributed by atoms with Crippen molar-refractivity contribution >= 4 is 11.9 Å². The van der Waals surface area contributed by atoms with Crippen LogP contribution in [0.4, 0.5) is 0 Å². The molecule has 5 nitrogen and oxygen atoms in total. The lowest BCUT2D eigenvalue weighted by Crippen LogP contribution is -2.54. The van der Waals surface area contributed by atoms with Gasteiger partial charge in [0, 0.05) is 6.61 Å². The monoisotopic (exact) mass is 243 g/mol. The van der Waals surface area contributed by atoms with Gasteiger partial charge in [0.25, 0.3) is 0 Å². The Morgan fingerprint density at radius 2 is 2.06 bits per heavy atom. The smallest absolute Gasteiger partial charge is 0.329 e. The quantitative estimate of drug-likeness (QED) is 0.737. The fourth-order valence-corrected chi connectivity index (χ4v) is 2.11. The van der Waals surface area contributed by atoms with Gasteiger partial charge in [-0.05, 0) is 25.7 Å². The number of carboxylic acid groups (broad SMARTS) is 1. The van der Waals surface area contributed by atoms with Gasteiger partial charge in [0.2, 0.25) is 5.91 Å². The van der Waals surface area contributed by atoms with Crippen LogP contribution in [0.5, 0.6) is 0 Å². The molecule has 0 bridgehead atoms. The molecule has 5 heteroatoms. The maximum absolute atomic E-state index is 11.8. The first-order valence-electron chi connectivity index (χ1n) is 6.20. The van der Waals surface area contributed by atoms with Gasteiger partial charge < -0.3 is 15.2 Å². The Kier molecular flexibility index (Phi) is 4.93. The predicted octanol–water partition coefficient (Wildman–Crippen LogP) is 1.32. The molecule has 0 radical (unpaired) electrons. The second kappa shape index (κ2) is 6.00. The van der Waals surface area contributed by atoms with Crippen LogP contribution in [0.15, 0.2) is 0 Å². The maximum Gasteiger partial charge on any atom is 0.329 e. The molecular weight excluding hydrogens is 222 g/mol. The minimum Gasteiger partial charge on any atom is -0.480 e. The molecule has 1 unspecified atom stereocenters. The van der Waals surface area contributed by atoms with Gasteiger partial charge in [-0.1, -0.05) is 13.8 Å². The van der Waals surface area contributed by atoms with E-state index < -0.39 is 11.5 Å². The summed E-state index contributed by atoms with van der Waals surface area (Å²) < 4.78 is 5.36. The molecule has 0 saturated carbocycles. The Bertz CT molecular complexity index is 280. The zero-order chi connectivity index (χ0) is 12.9. The van der Waals surface area contributed by atoms with Gasteiger partial charge in [-0.2, -0.15) is 0 Å². The van der Waals surface area contributed by atoms with Crippen molar-refractivity contribution in [1.82, 2.24) is 5.32 Å². The molecule has 1 aliphatic heterocycles. The van der Waals surface area contributed by atoms with Crippen LogP contribution in [0, 0.1) is 0 Å². The molecule has 98 valence electrons.